The number of thiocarbonyl (C=S) groups is 1. The van der Waals surface area contributed by atoms with Crippen LogP contribution in [0.5, 0.6) is 0 Å². The maximum Gasteiger partial charge on any atom is 0.170 e. The van der Waals surface area contributed by atoms with E-state index in [1.807, 2.05) is 56.8 Å². The van der Waals surface area contributed by atoms with Crippen LogP contribution in [0, 0.1) is 0 Å². The summed E-state index contributed by atoms with van der Waals surface area (Å²) in [5, 5.41) is 4.23. The normalized spacial score (nSPS) is 17.8. The molecule has 166 valence electrons. The summed E-state index contributed by atoms with van der Waals surface area (Å²) in [5.74, 6) is 0. The summed E-state index contributed by atoms with van der Waals surface area (Å²) in [6.45, 7) is 0.616. The number of hydrogen-bond donors (Lipinski definition) is 1. The molecular formula is C26H26N6S. The van der Waals surface area contributed by atoms with Crippen LogP contribution in [-0.2, 0) is 6.54 Å². The number of anilines is 1. The van der Waals surface area contributed by atoms with E-state index in [1.165, 1.54) is 5.69 Å². The smallest absolute Gasteiger partial charge is 0.170 e. The Morgan fingerprint density at radius 3 is 2.33 bits per heavy atom. The molecule has 1 fully saturated rings. The van der Waals surface area contributed by atoms with Crippen LogP contribution in [-0.4, -0.2) is 38.6 Å². The Labute approximate surface area is 199 Å². The van der Waals surface area contributed by atoms with Gasteiger partial charge in [0, 0.05) is 49.8 Å². The molecule has 0 bridgehead atoms. The molecule has 0 spiro atoms. The highest BCUT2D eigenvalue weighted by molar-refractivity contribution is 7.80. The van der Waals surface area contributed by atoms with Gasteiger partial charge in [-0.15, -0.1) is 0 Å². The van der Waals surface area contributed by atoms with Crippen LogP contribution in [0.3, 0.4) is 0 Å². The molecule has 1 saturated heterocycles. The van der Waals surface area contributed by atoms with Gasteiger partial charge in [-0.2, -0.15) is 0 Å². The van der Waals surface area contributed by atoms with Gasteiger partial charge in [-0.05, 0) is 72.9 Å². The van der Waals surface area contributed by atoms with Gasteiger partial charge >= 0.3 is 0 Å². The Bertz CT molecular complexity index is 1220. The maximum atomic E-state index is 5.82. The molecule has 0 radical (unpaired) electrons. The third-order valence-electron chi connectivity index (χ3n) is 5.98. The van der Waals surface area contributed by atoms with Crippen molar-refractivity contribution in [2.24, 2.45) is 0 Å². The molecule has 4 heterocycles. The predicted octanol–water partition coefficient (Wildman–Crippen LogP) is 4.51. The van der Waals surface area contributed by atoms with Gasteiger partial charge in [0.15, 0.2) is 5.11 Å². The van der Waals surface area contributed by atoms with E-state index in [4.69, 9.17) is 12.2 Å². The number of rotatable bonds is 6. The van der Waals surface area contributed by atoms with E-state index < -0.39 is 0 Å². The number of benzene rings is 1. The molecule has 0 saturated carbocycles. The second kappa shape index (κ2) is 9.03. The third-order valence-corrected chi connectivity index (χ3v) is 6.34. The van der Waals surface area contributed by atoms with Crippen LogP contribution in [0.15, 0.2) is 91.4 Å². The van der Waals surface area contributed by atoms with Crippen molar-refractivity contribution in [1.82, 2.24) is 24.8 Å². The van der Waals surface area contributed by atoms with Gasteiger partial charge in [0.25, 0.3) is 0 Å². The molecule has 0 aliphatic carbocycles. The second-order valence-electron chi connectivity index (χ2n) is 8.29. The fourth-order valence-corrected chi connectivity index (χ4v) is 4.65. The number of aromatic nitrogens is 3. The summed E-state index contributed by atoms with van der Waals surface area (Å²) in [4.78, 5) is 13.5. The first-order chi connectivity index (χ1) is 16.1. The zero-order chi connectivity index (χ0) is 22.8. The highest BCUT2D eigenvalue weighted by Gasteiger charge is 2.41. The average molecular weight is 455 g/mol. The van der Waals surface area contributed by atoms with Crippen LogP contribution in [0.2, 0.25) is 0 Å². The molecule has 6 nitrogen and oxygen atoms in total. The van der Waals surface area contributed by atoms with E-state index in [1.54, 1.807) is 0 Å². The van der Waals surface area contributed by atoms with Crippen molar-refractivity contribution < 1.29 is 0 Å². The Kier molecular flexibility index (Phi) is 5.79. The maximum absolute atomic E-state index is 5.82. The van der Waals surface area contributed by atoms with Gasteiger partial charge in [0.05, 0.1) is 30.0 Å². The van der Waals surface area contributed by atoms with Crippen LogP contribution in [0.25, 0.3) is 5.69 Å². The van der Waals surface area contributed by atoms with Gasteiger partial charge in [-0.1, -0.05) is 12.1 Å². The Hall–Kier alpha value is -3.71. The lowest BCUT2D eigenvalue weighted by Crippen LogP contribution is -2.30. The van der Waals surface area contributed by atoms with Crippen molar-refractivity contribution in [1.29, 1.82) is 0 Å². The van der Waals surface area contributed by atoms with Gasteiger partial charge in [0.2, 0.25) is 0 Å². The van der Waals surface area contributed by atoms with Crippen LogP contribution < -0.4 is 10.2 Å². The molecule has 2 atom stereocenters. The van der Waals surface area contributed by atoms with Gasteiger partial charge < -0.3 is 19.7 Å². The molecule has 5 rings (SSSR count). The minimum atomic E-state index is -0.0721. The highest BCUT2D eigenvalue weighted by atomic mass is 32.1. The van der Waals surface area contributed by atoms with E-state index >= 15 is 0 Å². The quantitative estimate of drug-likeness (QED) is 0.433. The van der Waals surface area contributed by atoms with Gasteiger partial charge in [-0.3, -0.25) is 9.97 Å². The van der Waals surface area contributed by atoms with Gasteiger partial charge in [0.1, 0.15) is 0 Å². The SMILES string of the molecule is CN(C)c1ccc(-n2cccc2[C@@H]2[C@@H](c3ccccn3)NC(=S)N2Cc2ccccn2)cc1. The number of pyridine rings is 2. The molecule has 1 N–H and O–H groups in total. The van der Waals surface area contributed by atoms with Crippen LogP contribution in [0.4, 0.5) is 5.69 Å². The minimum Gasteiger partial charge on any atom is -0.378 e. The largest absolute Gasteiger partial charge is 0.378 e. The first-order valence-corrected chi connectivity index (χ1v) is 11.4. The lowest BCUT2D eigenvalue weighted by molar-refractivity contribution is 0.299. The molecule has 1 aromatic carbocycles. The van der Waals surface area contributed by atoms with E-state index in [-0.39, 0.29) is 12.1 Å². The summed E-state index contributed by atoms with van der Waals surface area (Å²) in [6.07, 6.45) is 5.76. The number of nitrogens with one attached hydrogen (secondary N) is 1. The Morgan fingerprint density at radius 1 is 0.909 bits per heavy atom. The summed E-state index contributed by atoms with van der Waals surface area (Å²) in [7, 11) is 4.10. The third kappa shape index (κ3) is 4.19. The standard InChI is InChI=1S/C26H26N6S/c1-30(2)20-11-13-21(14-12-20)31-17-7-10-23(31)25-24(22-9-4-6-16-28-22)29-26(33)32(25)18-19-8-3-5-15-27-19/h3-17,24-25H,18H2,1-2H3,(H,29,33)/t24-,25-/m1/s1. The minimum absolute atomic E-state index is 0.0436. The summed E-state index contributed by atoms with van der Waals surface area (Å²) in [5.41, 5.74) is 5.35. The second-order valence-corrected chi connectivity index (χ2v) is 8.68. The topological polar surface area (TPSA) is 49.2 Å². The molecule has 33 heavy (non-hydrogen) atoms. The molecular weight excluding hydrogens is 428 g/mol. The summed E-state index contributed by atoms with van der Waals surface area (Å²) < 4.78 is 2.24. The van der Waals surface area contributed by atoms with Crippen molar-refractivity contribution in [3.63, 3.8) is 0 Å². The molecule has 4 aromatic rings. The Morgan fingerprint density at radius 2 is 1.67 bits per heavy atom. The van der Waals surface area contributed by atoms with Crippen molar-refractivity contribution in [3.8, 4) is 5.69 Å². The van der Waals surface area contributed by atoms with Crippen LogP contribution in [0.1, 0.15) is 29.2 Å². The average Bonchev–Trinajstić information content (AvgIpc) is 3.45. The van der Waals surface area contributed by atoms with Crippen molar-refractivity contribution >= 4 is 23.0 Å². The molecule has 0 amide bonds. The summed E-state index contributed by atoms with van der Waals surface area (Å²) in [6, 6.07) is 24.7. The Balaban J connectivity index is 1.57. The van der Waals surface area contributed by atoms with E-state index in [0.29, 0.717) is 11.7 Å². The first kappa shape index (κ1) is 21.2. The highest BCUT2D eigenvalue weighted by Crippen LogP contribution is 2.40. The molecule has 7 heteroatoms. The number of hydrogen-bond acceptors (Lipinski definition) is 4. The monoisotopic (exact) mass is 454 g/mol. The van der Waals surface area contributed by atoms with E-state index in [0.717, 1.165) is 22.8 Å². The molecule has 1 aliphatic heterocycles. The lowest BCUT2D eigenvalue weighted by atomic mass is 10.0. The molecule has 0 unspecified atom stereocenters. The van der Waals surface area contributed by atoms with Crippen molar-refractivity contribution in [3.05, 3.63) is 108 Å². The predicted molar refractivity (Wildman–Crippen MR) is 135 cm³/mol. The van der Waals surface area contributed by atoms with E-state index in [2.05, 4.69) is 78.3 Å². The fourth-order valence-electron chi connectivity index (χ4n) is 4.35. The summed E-state index contributed by atoms with van der Waals surface area (Å²) >= 11 is 5.82. The zero-order valence-corrected chi connectivity index (χ0v) is 19.5. The fraction of sp³-hybridized carbons (Fsp3) is 0.192. The van der Waals surface area contributed by atoms with Gasteiger partial charge in [-0.25, -0.2) is 0 Å². The molecule has 3 aromatic heterocycles. The van der Waals surface area contributed by atoms with Crippen LogP contribution >= 0.6 is 12.2 Å². The first-order valence-electron chi connectivity index (χ1n) is 10.9. The van der Waals surface area contributed by atoms with Crippen molar-refractivity contribution in [2.75, 3.05) is 19.0 Å². The zero-order valence-electron chi connectivity index (χ0n) is 18.7. The lowest BCUT2D eigenvalue weighted by Gasteiger charge is -2.28. The molecule has 1 aliphatic rings. The number of nitrogens with zero attached hydrogens (tertiary/aromatic N) is 5. The van der Waals surface area contributed by atoms with E-state index in [9.17, 15) is 0 Å². The van der Waals surface area contributed by atoms with Crippen molar-refractivity contribution in [2.45, 2.75) is 18.6 Å².